The zero-order valence-corrected chi connectivity index (χ0v) is 18.0. The molecule has 3 aromatic rings. The molecule has 0 saturated heterocycles. The van der Waals surface area contributed by atoms with E-state index in [1.54, 1.807) is 7.05 Å². The Morgan fingerprint density at radius 1 is 1.03 bits per heavy atom. The molecule has 2 heterocycles. The third-order valence-corrected chi connectivity index (χ3v) is 6.20. The Balaban J connectivity index is 1.85. The third-order valence-electron chi connectivity index (χ3n) is 6.20. The van der Waals surface area contributed by atoms with Crippen LogP contribution in [0.3, 0.4) is 0 Å². The molecular formula is C27H26F3N2+. The van der Waals surface area contributed by atoms with Gasteiger partial charge in [0.15, 0.2) is 11.9 Å². The average molecular weight is 436 g/mol. The van der Waals surface area contributed by atoms with Crippen molar-refractivity contribution in [3.63, 3.8) is 0 Å². The van der Waals surface area contributed by atoms with Crippen molar-refractivity contribution in [1.82, 2.24) is 5.32 Å². The van der Waals surface area contributed by atoms with Gasteiger partial charge in [0, 0.05) is 23.3 Å². The summed E-state index contributed by atoms with van der Waals surface area (Å²) in [5.74, 6) is -0.336. The van der Waals surface area contributed by atoms with Gasteiger partial charge in [-0.25, -0.2) is 0 Å². The van der Waals surface area contributed by atoms with E-state index in [0.29, 0.717) is 6.42 Å². The highest BCUT2D eigenvalue weighted by molar-refractivity contribution is 5.71. The smallest absolute Gasteiger partial charge is 0.308 e. The van der Waals surface area contributed by atoms with Crippen LogP contribution in [0.4, 0.5) is 13.2 Å². The van der Waals surface area contributed by atoms with Gasteiger partial charge in [-0.05, 0) is 55.1 Å². The summed E-state index contributed by atoms with van der Waals surface area (Å²) in [6.45, 7) is 7.62. The van der Waals surface area contributed by atoms with Gasteiger partial charge < -0.3 is 5.32 Å². The lowest BCUT2D eigenvalue weighted by Gasteiger charge is -2.30. The Bertz CT molecular complexity index is 1150. The van der Waals surface area contributed by atoms with Crippen LogP contribution in [0.25, 0.3) is 28.1 Å². The molecule has 1 aliphatic heterocycles. The summed E-state index contributed by atoms with van der Waals surface area (Å²) in [5.41, 5.74) is 5.17. The van der Waals surface area contributed by atoms with Gasteiger partial charge >= 0.3 is 6.18 Å². The molecule has 5 heteroatoms. The number of allylic oxidation sites excluding steroid dienone is 1. The number of halogens is 3. The fourth-order valence-electron chi connectivity index (χ4n) is 4.56. The highest BCUT2D eigenvalue weighted by Gasteiger charge is 2.39. The van der Waals surface area contributed by atoms with E-state index in [9.17, 15) is 13.2 Å². The van der Waals surface area contributed by atoms with E-state index < -0.39 is 11.7 Å². The summed E-state index contributed by atoms with van der Waals surface area (Å²) in [7, 11) is 1.77. The highest BCUT2D eigenvalue weighted by atomic mass is 19.4. The number of nitrogens with one attached hydrogen (secondary N) is 1. The van der Waals surface area contributed by atoms with Crippen LogP contribution >= 0.6 is 0 Å². The fourth-order valence-corrected chi connectivity index (χ4v) is 4.56. The van der Waals surface area contributed by atoms with Crippen molar-refractivity contribution in [3.8, 4) is 22.4 Å². The minimum atomic E-state index is -4.41. The first kappa shape index (κ1) is 22.0. The number of hydrogen-bond donors (Lipinski definition) is 1. The quantitative estimate of drug-likeness (QED) is 0.390. The van der Waals surface area contributed by atoms with Crippen LogP contribution in [0.15, 0.2) is 91.7 Å². The maximum atomic E-state index is 13.3. The standard InChI is InChI=1S/C27H26F3N2/c1-18(27(28,29)30)15-23-16-22-11-7-8-12-24(22)25-17-21(20-9-5-4-6-10-20)13-14-32(25)19(2)26(23)31-3/h4-14,17,23,26,31H,1-2,15-16H2,3H3/q+1. The van der Waals surface area contributed by atoms with Gasteiger partial charge in [0.25, 0.3) is 0 Å². The first-order chi connectivity index (χ1) is 15.3. The molecule has 0 radical (unpaired) electrons. The van der Waals surface area contributed by atoms with Gasteiger partial charge in [-0.3, -0.25) is 0 Å². The van der Waals surface area contributed by atoms with E-state index in [4.69, 9.17) is 0 Å². The normalized spacial score (nSPS) is 18.3. The maximum Gasteiger partial charge on any atom is 0.412 e. The van der Waals surface area contributed by atoms with Gasteiger partial charge in [0.1, 0.15) is 0 Å². The average Bonchev–Trinajstić information content (AvgIpc) is 2.78. The second kappa shape index (κ2) is 8.75. The first-order valence-corrected chi connectivity index (χ1v) is 10.6. The predicted octanol–water partition coefficient (Wildman–Crippen LogP) is 6.05. The van der Waals surface area contributed by atoms with Crippen molar-refractivity contribution in [2.45, 2.75) is 25.1 Å². The number of fused-ring (bicyclic) bond motifs is 3. The van der Waals surface area contributed by atoms with Crippen molar-refractivity contribution in [3.05, 3.63) is 97.2 Å². The summed E-state index contributed by atoms with van der Waals surface area (Å²) in [6.07, 6.45) is -2.11. The lowest BCUT2D eigenvalue weighted by Crippen LogP contribution is -2.49. The van der Waals surface area contributed by atoms with Gasteiger partial charge in [-0.15, -0.1) is 0 Å². The second-order valence-electron chi connectivity index (χ2n) is 8.22. The number of pyridine rings is 1. The molecule has 0 saturated carbocycles. The number of rotatable bonds is 4. The van der Waals surface area contributed by atoms with Crippen LogP contribution in [0.1, 0.15) is 12.0 Å². The maximum absolute atomic E-state index is 13.3. The van der Waals surface area contributed by atoms with E-state index in [0.717, 1.165) is 33.6 Å². The lowest BCUT2D eigenvalue weighted by atomic mass is 9.82. The molecule has 1 aromatic heterocycles. The topological polar surface area (TPSA) is 15.9 Å². The van der Waals surface area contributed by atoms with Crippen LogP contribution in [0, 0.1) is 5.92 Å². The number of likely N-dealkylation sites (N-methyl/N-ethyl adjacent to an activating group) is 1. The molecule has 2 unspecified atom stereocenters. The Labute approximate surface area is 186 Å². The van der Waals surface area contributed by atoms with Crippen molar-refractivity contribution in [2.75, 3.05) is 7.05 Å². The van der Waals surface area contributed by atoms with Crippen molar-refractivity contribution < 1.29 is 17.7 Å². The zero-order valence-electron chi connectivity index (χ0n) is 18.0. The van der Waals surface area contributed by atoms with E-state index in [1.807, 2.05) is 59.3 Å². The number of alkyl halides is 3. The van der Waals surface area contributed by atoms with E-state index in [1.165, 1.54) is 0 Å². The second-order valence-corrected chi connectivity index (χ2v) is 8.22. The van der Waals surface area contributed by atoms with Crippen LogP contribution in [0.5, 0.6) is 0 Å². The summed E-state index contributed by atoms with van der Waals surface area (Å²) >= 11 is 0. The number of nitrogens with zero attached hydrogens (tertiary/aromatic N) is 1. The molecule has 0 spiro atoms. The predicted molar refractivity (Wildman–Crippen MR) is 123 cm³/mol. The summed E-state index contributed by atoms with van der Waals surface area (Å²) in [4.78, 5) is 0. The molecule has 0 aliphatic carbocycles. The molecule has 0 bridgehead atoms. The summed E-state index contributed by atoms with van der Waals surface area (Å²) in [5, 5.41) is 3.22. The van der Waals surface area contributed by atoms with Gasteiger partial charge in [0.2, 0.25) is 5.69 Å². The SMILES string of the molecule is C=C1C(NC)C(CC(=C)C(F)(F)F)Cc2ccccc2-c2cc(-c3ccccc3)cc[n+]21. The van der Waals surface area contributed by atoms with E-state index in [-0.39, 0.29) is 18.4 Å². The number of aromatic nitrogens is 1. The van der Waals surface area contributed by atoms with Crippen LogP contribution < -0.4 is 9.88 Å². The highest BCUT2D eigenvalue weighted by Crippen LogP contribution is 2.36. The molecule has 32 heavy (non-hydrogen) atoms. The largest absolute Gasteiger partial charge is 0.412 e. The molecule has 0 fully saturated rings. The minimum absolute atomic E-state index is 0.152. The Morgan fingerprint density at radius 3 is 2.41 bits per heavy atom. The van der Waals surface area contributed by atoms with Crippen LogP contribution in [-0.2, 0) is 6.42 Å². The summed E-state index contributed by atoms with van der Waals surface area (Å²) in [6, 6.07) is 21.8. The number of benzene rings is 2. The summed E-state index contributed by atoms with van der Waals surface area (Å²) < 4.78 is 41.9. The Morgan fingerprint density at radius 2 is 1.72 bits per heavy atom. The monoisotopic (exact) mass is 435 g/mol. The molecule has 2 atom stereocenters. The molecule has 4 rings (SSSR count). The molecule has 2 nitrogen and oxygen atoms in total. The number of hydrogen-bond acceptors (Lipinski definition) is 1. The molecule has 2 aromatic carbocycles. The van der Waals surface area contributed by atoms with E-state index >= 15 is 0 Å². The molecule has 1 N–H and O–H groups in total. The van der Waals surface area contributed by atoms with Gasteiger partial charge in [0.05, 0.1) is 6.04 Å². The minimum Gasteiger partial charge on any atom is -0.308 e. The van der Waals surface area contributed by atoms with E-state index in [2.05, 4.69) is 36.7 Å². The van der Waals surface area contributed by atoms with Crippen LogP contribution in [0.2, 0.25) is 0 Å². The van der Waals surface area contributed by atoms with Crippen LogP contribution in [-0.4, -0.2) is 19.3 Å². The third kappa shape index (κ3) is 4.26. The Kier molecular flexibility index (Phi) is 6.02. The van der Waals surface area contributed by atoms with Gasteiger partial charge in [-0.2, -0.15) is 17.7 Å². The molecule has 0 amide bonds. The molecule has 1 aliphatic rings. The lowest BCUT2D eigenvalue weighted by molar-refractivity contribution is -0.573. The molecular weight excluding hydrogens is 409 g/mol. The zero-order chi connectivity index (χ0) is 22.9. The Hall–Kier alpha value is -3.18. The fraction of sp³-hybridized carbons (Fsp3) is 0.222. The first-order valence-electron chi connectivity index (χ1n) is 10.6. The van der Waals surface area contributed by atoms with Gasteiger partial charge in [-0.1, -0.05) is 55.1 Å². The van der Waals surface area contributed by atoms with Crippen molar-refractivity contribution in [1.29, 1.82) is 0 Å². The van der Waals surface area contributed by atoms with Crippen molar-refractivity contribution >= 4 is 5.70 Å². The molecule has 164 valence electrons. The van der Waals surface area contributed by atoms with Crippen molar-refractivity contribution in [2.24, 2.45) is 5.92 Å².